The summed E-state index contributed by atoms with van der Waals surface area (Å²) >= 11 is 3.17. The average molecular weight is 408 g/mol. The van der Waals surface area contributed by atoms with Gasteiger partial charge < -0.3 is 10.1 Å². The number of benzene rings is 1. The number of amides is 1. The van der Waals surface area contributed by atoms with Crippen molar-refractivity contribution in [2.45, 2.75) is 20.0 Å². The molecule has 0 fully saturated rings. The molecular formula is C16H14BrN3O5. The molecule has 0 spiro atoms. The minimum atomic E-state index is -0.624. The van der Waals surface area contributed by atoms with Crippen LogP contribution in [0.5, 0.6) is 0 Å². The number of nitrogens with one attached hydrogen (secondary N) is 1. The second kappa shape index (κ2) is 7.84. The van der Waals surface area contributed by atoms with Crippen LogP contribution in [0.2, 0.25) is 0 Å². The molecule has 8 nitrogen and oxygen atoms in total. The monoisotopic (exact) mass is 407 g/mol. The van der Waals surface area contributed by atoms with Gasteiger partial charge in [0.15, 0.2) is 0 Å². The van der Waals surface area contributed by atoms with Crippen molar-refractivity contribution in [2.24, 2.45) is 0 Å². The number of nitrogens with zero attached hydrogens (tertiary/aromatic N) is 2. The minimum absolute atomic E-state index is 0.0171. The number of non-ortho nitro benzene ring substituents is 1. The maximum atomic E-state index is 12.3. The summed E-state index contributed by atoms with van der Waals surface area (Å²) in [5, 5.41) is 13.3. The van der Waals surface area contributed by atoms with Gasteiger partial charge in [-0.05, 0) is 48.0 Å². The Morgan fingerprint density at radius 1 is 1.24 bits per heavy atom. The topological polar surface area (TPSA) is 111 Å². The van der Waals surface area contributed by atoms with E-state index in [1.807, 2.05) is 0 Å². The maximum Gasteiger partial charge on any atom is 0.357 e. The van der Waals surface area contributed by atoms with Crippen molar-refractivity contribution in [3.8, 4) is 0 Å². The third-order valence-corrected chi connectivity index (χ3v) is 3.60. The summed E-state index contributed by atoms with van der Waals surface area (Å²) in [5.74, 6) is -1.19. The van der Waals surface area contributed by atoms with Gasteiger partial charge in [-0.2, -0.15) is 0 Å². The molecule has 0 aliphatic carbocycles. The van der Waals surface area contributed by atoms with E-state index in [-0.39, 0.29) is 23.2 Å². The highest BCUT2D eigenvalue weighted by Gasteiger charge is 2.16. The minimum Gasteiger partial charge on any atom is -0.458 e. The smallest absolute Gasteiger partial charge is 0.357 e. The van der Waals surface area contributed by atoms with Gasteiger partial charge in [-0.25, -0.2) is 9.78 Å². The van der Waals surface area contributed by atoms with Gasteiger partial charge in [-0.15, -0.1) is 0 Å². The first kappa shape index (κ1) is 18.5. The van der Waals surface area contributed by atoms with E-state index in [1.54, 1.807) is 13.8 Å². The van der Waals surface area contributed by atoms with Gasteiger partial charge in [0.25, 0.3) is 11.6 Å². The molecule has 0 atom stereocenters. The van der Waals surface area contributed by atoms with E-state index in [0.29, 0.717) is 10.2 Å². The summed E-state index contributed by atoms with van der Waals surface area (Å²) in [4.78, 5) is 38.3. The summed E-state index contributed by atoms with van der Waals surface area (Å²) in [5.41, 5.74) is 0.265. The number of rotatable bonds is 5. The molecule has 0 bridgehead atoms. The Hall–Kier alpha value is -2.81. The summed E-state index contributed by atoms with van der Waals surface area (Å²) in [6, 6.07) is 8.36. The van der Waals surface area contributed by atoms with Crippen molar-refractivity contribution in [1.82, 2.24) is 4.98 Å². The highest BCUT2D eigenvalue weighted by Crippen LogP contribution is 2.27. The van der Waals surface area contributed by atoms with Gasteiger partial charge in [0, 0.05) is 16.6 Å². The molecule has 2 rings (SSSR count). The molecule has 0 aliphatic rings. The fraction of sp³-hybridized carbons (Fsp3) is 0.188. The number of ether oxygens (including phenoxy) is 1. The zero-order chi connectivity index (χ0) is 18.6. The van der Waals surface area contributed by atoms with Crippen molar-refractivity contribution in [3.05, 3.63) is 62.4 Å². The Morgan fingerprint density at radius 3 is 2.52 bits per heavy atom. The molecule has 25 heavy (non-hydrogen) atoms. The molecular weight excluding hydrogens is 394 g/mol. The lowest BCUT2D eigenvalue weighted by atomic mass is 10.2. The lowest BCUT2D eigenvalue weighted by Crippen LogP contribution is -2.18. The van der Waals surface area contributed by atoms with E-state index in [1.165, 1.54) is 36.4 Å². The van der Waals surface area contributed by atoms with Crippen molar-refractivity contribution < 1.29 is 19.2 Å². The molecule has 0 saturated heterocycles. The van der Waals surface area contributed by atoms with Gasteiger partial charge in [0.2, 0.25) is 0 Å². The number of pyridine rings is 1. The molecule has 9 heteroatoms. The van der Waals surface area contributed by atoms with Crippen LogP contribution in [0.4, 0.5) is 11.4 Å². The predicted molar refractivity (Wildman–Crippen MR) is 93.5 cm³/mol. The van der Waals surface area contributed by atoms with Crippen LogP contribution >= 0.6 is 15.9 Å². The highest BCUT2D eigenvalue weighted by atomic mass is 79.9. The van der Waals surface area contributed by atoms with E-state index in [4.69, 9.17) is 4.74 Å². The molecule has 0 unspecified atom stereocenters. The van der Waals surface area contributed by atoms with E-state index in [2.05, 4.69) is 26.2 Å². The highest BCUT2D eigenvalue weighted by molar-refractivity contribution is 9.10. The molecule has 1 aromatic heterocycles. The van der Waals surface area contributed by atoms with E-state index >= 15 is 0 Å². The molecule has 130 valence electrons. The van der Waals surface area contributed by atoms with Crippen LogP contribution < -0.4 is 5.32 Å². The summed E-state index contributed by atoms with van der Waals surface area (Å²) in [7, 11) is 0. The number of nitro benzene ring substituents is 1. The molecule has 2 aromatic rings. The van der Waals surface area contributed by atoms with Gasteiger partial charge in [0.05, 0.1) is 16.7 Å². The molecule has 0 radical (unpaired) electrons. The van der Waals surface area contributed by atoms with Gasteiger partial charge in [-0.1, -0.05) is 6.07 Å². The maximum absolute atomic E-state index is 12.3. The van der Waals surface area contributed by atoms with E-state index in [9.17, 15) is 19.7 Å². The number of carbonyl (C=O) groups excluding carboxylic acids is 2. The third kappa shape index (κ3) is 4.83. The number of carbonyl (C=O) groups is 2. The van der Waals surface area contributed by atoms with Crippen molar-refractivity contribution in [2.75, 3.05) is 5.32 Å². The van der Waals surface area contributed by atoms with Crippen LogP contribution in [0.1, 0.15) is 34.8 Å². The van der Waals surface area contributed by atoms with Crippen molar-refractivity contribution >= 4 is 39.2 Å². The Bertz CT molecular complexity index is 838. The first-order valence-electron chi connectivity index (χ1n) is 7.21. The van der Waals surface area contributed by atoms with Gasteiger partial charge >= 0.3 is 5.97 Å². The standard InChI is InChI=1S/C16H14BrN3O5/c1-9(2)25-16(22)14-5-3-4-13(18-14)15(21)19-12-7-6-10(20(23)24)8-11(12)17/h3-9H,1-2H3,(H,19,21). The predicted octanol–water partition coefficient (Wildman–Crippen LogP) is 3.57. The molecule has 0 saturated carbocycles. The Labute approximate surface area is 151 Å². The molecule has 1 amide bonds. The summed E-state index contributed by atoms with van der Waals surface area (Å²) in [6.45, 7) is 3.42. The van der Waals surface area contributed by atoms with Crippen LogP contribution in [-0.4, -0.2) is 27.9 Å². The average Bonchev–Trinajstić information content (AvgIpc) is 2.56. The number of nitro groups is 1. The van der Waals surface area contributed by atoms with Crippen molar-refractivity contribution in [3.63, 3.8) is 0 Å². The quantitative estimate of drug-likeness (QED) is 0.460. The van der Waals surface area contributed by atoms with Crippen LogP contribution in [0.3, 0.4) is 0 Å². The molecule has 1 heterocycles. The van der Waals surface area contributed by atoms with E-state index in [0.717, 1.165) is 0 Å². The van der Waals surface area contributed by atoms with Crippen LogP contribution in [0.25, 0.3) is 0 Å². The molecule has 1 N–H and O–H groups in total. The number of hydrogen-bond donors (Lipinski definition) is 1. The first-order chi connectivity index (χ1) is 11.8. The fourth-order valence-corrected chi connectivity index (χ4v) is 2.32. The molecule has 0 aliphatic heterocycles. The van der Waals surface area contributed by atoms with Crippen molar-refractivity contribution in [1.29, 1.82) is 0 Å². The largest absolute Gasteiger partial charge is 0.458 e. The lowest BCUT2D eigenvalue weighted by molar-refractivity contribution is -0.384. The number of esters is 1. The number of aromatic nitrogens is 1. The van der Waals surface area contributed by atoms with E-state index < -0.39 is 16.8 Å². The second-order valence-corrected chi connectivity index (χ2v) is 6.09. The lowest BCUT2D eigenvalue weighted by Gasteiger charge is -2.09. The zero-order valence-corrected chi connectivity index (χ0v) is 14.9. The van der Waals surface area contributed by atoms with Crippen LogP contribution in [-0.2, 0) is 4.74 Å². The van der Waals surface area contributed by atoms with Gasteiger partial charge in [-0.3, -0.25) is 14.9 Å². The number of halogens is 1. The Morgan fingerprint density at radius 2 is 1.92 bits per heavy atom. The normalized spacial score (nSPS) is 10.4. The fourth-order valence-electron chi connectivity index (χ4n) is 1.85. The van der Waals surface area contributed by atoms with Crippen LogP contribution in [0, 0.1) is 10.1 Å². The molecule has 1 aromatic carbocycles. The first-order valence-corrected chi connectivity index (χ1v) is 8.00. The Kier molecular flexibility index (Phi) is 5.81. The number of hydrogen-bond acceptors (Lipinski definition) is 6. The SMILES string of the molecule is CC(C)OC(=O)c1cccc(C(=O)Nc2ccc([N+](=O)[O-])cc2Br)n1. The second-order valence-electron chi connectivity index (χ2n) is 5.24. The Balaban J connectivity index is 2.19. The van der Waals surface area contributed by atoms with Crippen LogP contribution in [0.15, 0.2) is 40.9 Å². The van der Waals surface area contributed by atoms with Gasteiger partial charge in [0.1, 0.15) is 11.4 Å². The third-order valence-electron chi connectivity index (χ3n) is 2.95. The summed E-state index contributed by atoms with van der Waals surface area (Å²) < 4.78 is 5.39. The number of anilines is 1. The zero-order valence-electron chi connectivity index (χ0n) is 13.4. The summed E-state index contributed by atoms with van der Waals surface area (Å²) in [6.07, 6.45) is -0.303.